The molecule has 4 saturated carbocycles. The number of hydrogen-bond acceptors (Lipinski definition) is 6. The van der Waals surface area contributed by atoms with Gasteiger partial charge in [0.2, 0.25) is 0 Å². The van der Waals surface area contributed by atoms with Crippen LogP contribution in [-0.4, -0.2) is 64.5 Å². The van der Waals surface area contributed by atoms with Crippen LogP contribution < -0.4 is 9.47 Å². The van der Waals surface area contributed by atoms with E-state index in [0.717, 1.165) is 62.1 Å². The lowest BCUT2D eigenvalue weighted by atomic mass is 9.48. The topological polar surface area (TPSA) is 49.4 Å². The maximum Gasteiger partial charge on any atom is 0.315 e. The van der Waals surface area contributed by atoms with E-state index >= 15 is 0 Å². The number of rotatable bonds is 11. The van der Waals surface area contributed by atoms with Crippen LogP contribution in [0.2, 0.25) is 0 Å². The first-order valence-corrected chi connectivity index (χ1v) is 16.0. The molecular weight excluding hydrogens is 526 g/mol. The van der Waals surface area contributed by atoms with Crippen LogP contribution in [0.4, 0.5) is 0 Å². The van der Waals surface area contributed by atoms with E-state index in [0.29, 0.717) is 13.2 Å². The molecular formula is C36H45NO5. The van der Waals surface area contributed by atoms with Gasteiger partial charge >= 0.3 is 6.48 Å². The zero-order chi connectivity index (χ0) is 28.5. The molecule has 8 rings (SSSR count). The molecule has 224 valence electrons. The maximum absolute atomic E-state index is 6.46. The highest BCUT2D eigenvalue weighted by atomic mass is 16.8. The SMILES string of the molecule is CCOC(OC)Oc1cc2ccc(-c3ccc(OCCN4CCOCC4)cc3)cc2cc1C12CC3CC(CC(C3)C1)C2. The van der Waals surface area contributed by atoms with Crippen molar-refractivity contribution in [1.29, 1.82) is 0 Å². The summed E-state index contributed by atoms with van der Waals surface area (Å²) in [5, 5.41) is 2.44. The fourth-order valence-electron chi connectivity index (χ4n) is 8.66. The summed E-state index contributed by atoms with van der Waals surface area (Å²) in [6, 6.07) is 20.0. The number of ether oxygens (including phenoxy) is 5. The second-order valence-electron chi connectivity index (χ2n) is 13.0. The summed E-state index contributed by atoms with van der Waals surface area (Å²) in [6.45, 7) is 7.06. The highest BCUT2D eigenvalue weighted by Gasteiger charge is 2.52. The summed E-state index contributed by atoms with van der Waals surface area (Å²) in [5.41, 5.74) is 3.97. The molecule has 0 aromatic heterocycles. The Morgan fingerprint density at radius 1 is 0.857 bits per heavy atom. The summed E-state index contributed by atoms with van der Waals surface area (Å²) in [7, 11) is 1.65. The van der Waals surface area contributed by atoms with Crippen LogP contribution in [0.1, 0.15) is 51.0 Å². The van der Waals surface area contributed by atoms with Gasteiger partial charge in [0.05, 0.1) is 19.8 Å². The van der Waals surface area contributed by atoms with E-state index in [-0.39, 0.29) is 5.41 Å². The average Bonchev–Trinajstić information content (AvgIpc) is 3.00. The minimum absolute atomic E-state index is 0.193. The van der Waals surface area contributed by atoms with Crippen molar-refractivity contribution < 1.29 is 23.7 Å². The van der Waals surface area contributed by atoms with Crippen molar-refractivity contribution >= 4 is 10.8 Å². The van der Waals surface area contributed by atoms with Gasteiger partial charge in [-0.25, -0.2) is 0 Å². The third kappa shape index (κ3) is 5.79. The number of morpholine rings is 1. The molecule has 1 aliphatic heterocycles. The molecule has 0 amide bonds. The highest BCUT2D eigenvalue weighted by molar-refractivity contribution is 5.89. The second-order valence-corrected chi connectivity index (χ2v) is 13.0. The van der Waals surface area contributed by atoms with Gasteiger partial charge in [-0.1, -0.05) is 24.3 Å². The number of fused-ring (bicyclic) bond motifs is 1. The first kappa shape index (κ1) is 28.1. The van der Waals surface area contributed by atoms with E-state index in [2.05, 4.69) is 59.5 Å². The zero-order valence-corrected chi connectivity index (χ0v) is 25.2. The van der Waals surface area contributed by atoms with Gasteiger partial charge < -0.3 is 23.7 Å². The number of hydrogen-bond donors (Lipinski definition) is 0. The quantitative estimate of drug-likeness (QED) is 0.230. The largest absolute Gasteiger partial charge is 0.492 e. The van der Waals surface area contributed by atoms with Crippen molar-refractivity contribution in [2.75, 3.05) is 53.2 Å². The molecule has 4 aliphatic carbocycles. The van der Waals surface area contributed by atoms with Crippen LogP contribution in [0.3, 0.4) is 0 Å². The molecule has 5 fully saturated rings. The predicted octanol–water partition coefficient (Wildman–Crippen LogP) is 7.03. The fourth-order valence-corrected chi connectivity index (χ4v) is 8.66. The Hall–Kier alpha value is -2.64. The Labute approximate surface area is 250 Å². The first-order valence-electron chi connectivity index (χ1n) is 16.0. The Balaban J connectivity index is 1.15. The molecule has 4 bridgehead atoms. The molecule has 6 nitrogen and oxygen atoms in total. The van der Waals surface area contributed by atoms with Gasteiger partial charge in [0.25, 0.3) is 0 Å². The van der Waals surface area contributed by atoms with Crippen LogP contribution in [0.5, 0.6) is 11.5 Å². The van der Waals surface area contributed by atoms with Gasteiger partial charge in [0, 0.05) is 32.3 Å². The summed E-state index contributed by atoms with van der Waals surface area (Å²) in [4.78, 5) is 2.40. The summed E-state index contributed by atoms with van der Waals surface area (Å²) in [6.07, 6.45) is 8.08. The van der Waals surface area contributed by atoms with E-state index in [1.807, 2.05) is 6.92 Å². The second kappa shape index (κ2) is 12.2. The van der Waals surface area contributed by atoms with E-state index in [9.17, 15) is 0 Å². The lowest BCUT2D eigenvalue weighted by Crippen LogP contribution is -2.48. The Morgan fingerprint density at radius 3 is 2.21 bits per heavy atom. The van der Waals surface area contributed by atoms with E-state index in [1.165, 1.54) is 66.0 Å². The maximum atomic E-state index is 6.46. The van der Waals surface area contributed by atoms with Crippen LogP contribution in [0, 0.1) is 17.8 Å². The zero-order valence-electron chi connectivity index (χ0n) is 25.2. The Kier molecular flexibility index (Phi) is 8.15. The van der Waals surface area contributed by atoms with Gasteiger partial charge in [0.1, 0.15) is 18.1 Å². The van der Waals surface area contributed by atoms with E-state index < -0.39 is 6.48 Å². The third-order valence-electron chi connectivity index (χ3n) is 10.2. The standard InChI is InChI=1S/C36H45NO5/c1-3-40-35(38-2)42-34-21-30-5-4-29(28-6-8-32(9-7-28)41-15-12-37-10-13-39-14-11-37)19-31(30)20-33(34)36-22-25-16-26(23-36)18-27(17-25)24-36/h4-9,19-21,25-27,35H,3,10-18,22-24H2,1-2H3. The van der Waals surface area contributed by atoms with Crippen molar-refractivity contribution in [3.8, 4) is 22.6 Å². The van der Waals surface area contributed by atoms with Crippen LogP contribution >= 0.6 is 0 Å². The van der Waals surface area contributed by atoms with Gasteiger partial charge in [-0.3, -0.25) is 4.90 Å². The highest BCUT2D eigenvalue weighted by Crippen LogP contribution is 2.62. The van der Waals surface area contributed by atoms with Crippen LogP contribution in [-0.2, 0) is 19.6 Å². The van der Waals surface area contributed by atoms with Gasteiger partial charge in [0.15, 0.2) is 0 Å². The van der Waals surface area contributed by atoms with Crippen molar-refractivity contribution in [2.45, 2.75) is 57.3 Å². The predicted molar refractivity (Wildman–Crippen MR) is 165 cm³/mol. The molecule has 6 heteroatoms. The molecule has 0 radical (unpaired) electrons. The Morgan fingerprint density at radius 2 is 1.55 bits per heavy atom. The van der Waals surface area contributed by atoms with Gasteiger partial charge in [-0.05, 0) is 121 Å². The van der Waals surface area contributed by atoms with Crippen LogP contribution in [0.15, 0.2) is 54.6 Å². The molecule has 0 N–H and O–H groups in total. The Bertz CT molecular complexity index is 1330. The molecule has 1 heterocycles. The minimum atomic E-state index is -0.700. The van der Waals surface area contributed by atoms with Crippen molar-refractivity contribution in [2.24, 2.45) is 17.8 Å². The molecule has 42 heavy (non-hydrogen) atoms. The monoisotopic (exact) mass is 571 g/mol. The van der Waals surface area contributed by atoms with E-state index in [1.54, 1.807) is 7.11 Å². The van der Waals surface area contributed by atoms with Crippen LogP contribution in [0.25, 0.3) is 21.9 Å². The summed E-state index contributed by atoms with van der Waals surface area (Å²) < 4.78 is 29.3. The smallest absolute Gasteiger partial charge is 0.315 e. The lowest BCUT2D eigenvalue weighted by molar-refractivity contribution is -0.231. The number of nitrogens with zero attached hydrogens (tertiary/aromatic N) is 1. The average molecular weight is 572 g/mol. The van der Waals surface area contributed by atoms with Gasteiger partial charge in [-0.15, -0.1) is 0 Å². The number of methoxy groups -OCH3 is 1. The molecule has 3 aromatic carbocycles. The lowest BCUT2D eigenvalue weighted by Gasteiger charge is -2.57. The minimum Gasteiger partial charge on any atom is -0.492 e. The molecule has 0 spiro atoms. The van der Waals surface area contributed by atoms with Crippen molar-refractivity contribution in [3.63, 3.8) is 0 Å². The third-order valence-corrected chi connectivity index (χ3v) is 10.2. The fraction of sp³-hybridized carbons (Fsp3) is 0.556. The summed E-state index contributed by atoms with van der Waals surface area (Å²) >= 11 is 0. The van der Waals surface area contributed by atoms with Crippen molar-refractivity contribution in [1.82, 2.24) is 4.90 Å². The molecule has 3 aromatic rings. The van der Waals surface area contributed by atoms with Crippen molar-refractivity contribution in [3.05, 3.63) is 60.2 Å². The number of benzene rings is 3. The summed E-state index contributed by atoms with van der Waals surface area (Å²) in [5.74, 6) is 4.40. The first-order chi connectivity index (χ1) is 20.6. The van der Waals surface area contributed by atoms with Gasteiger partial charge in [-0.2, -0.15) is 0 Å². The molecule has 1 unspecified atom stereocenters. The molecule has 1 atom stereocenters. The molecule has 5 aliphatic rings. The molecule has 1 saturated heterocycles. The normalized spacial score (nSPS) is 27.8. The van der Waals surface area contributed by atoms with E-state index in [4.69, 9.17) is 23.7 Å².